The minimum atomic E-state index is -3.97. The van der Waals surface area contributed by atoms with Gasteiger partial charge in [-0.25, -0.2) is 15.0 Å². The van der Waals surface area contributed by atoms with E-state index in [2.05, 4.69) is 25.0 Å². The molecular weight excluding hydrogens is 444 g/mol. The van der Waals surface area contributed by atoms with Crippen molar-refractivity contribution < 1.29 is 17.9 Å². The largest absolute Gasteiger partial charge is 0.497 e. The van der Waals surface area contributed by atoms with E-state index in [9.17, 15) is 8.42 Å². The van der Waals surface area contributed by atoms with Crippen LogP contribution in [0.2, 0.25) is 0 Å². The number of aromatic nitrogens is 4. The van der Waals surface area contributed by atoms with Crippen LogP contribution in [0.15, 0.2) is 60.0 Å². The lowest BCUT2D eigenvalue weighted by Crippen LogP contribution is -2.16. The predicted molar refractivity (Wildman–Crippen MR) is 125 cm³/mol. The van der Waals surface area contributed by atoms with Crippen molar-refractivity contribution in [3.63, 3.8) is 0 Å². The Kier molecular flexibility index (Phi) is 6.43. The van der Waals surface area contributed by atoms with Gasteiger partial charge >= 0.3 is 0 Å². The van der Waals surface area contributed by atoms with Crippen molar-refractivity contribution in [1.82, 2.24) is 19.5 Å². The molecule has 0 radical (unpaired) electrons. The number of imidazole rings is 1. The maximum Gasteiger partial charge on any atom is 0.282 e. The van der Waals surface area contributed by atoms with E-state index in [0.717, 1.165) is 5.56 Å². The minimum Gasteiger partial charge on any atom is -0.497 e. The van der Waals surface area contributed by atoms with Gasteiger partial charge in [0.05, 0.1) is 31.1 Å². The van der Waals surface area contributed by atoms with E-state index < -0.39 is 10.0 Å². The van der Waals surface area contributed by atoms with E-state index in [1.54, 1.807) is 44.0 Å². The second kappa shape index (κ2) is 9.43. The Morgan fingerprint density at radius 1 is 1.03 bits per heavy atom. The predicted octanol–water partition coefficient (Wildman–Crippen LogP) is 3.11. The average molecular weight is 469 g/mol. The van der Waals surface area contributed by atoms with Crippen LogP contribution in [0.3, 0.4) is 0 Å². The molecule has 2 N–H and O–H groups in total. The fourth-order valence-electron chi connectivity index (χ4n) is 3.22. The van der Waals surface area contributed by atoms with Crippen LogP contribution in [0.4, 0.5) is 17.3 Å². The summed E-state index contributed by atoms with van der Waals surface area (Å²) in [6, 6.07) is 12.9. The van der Waals surface area contributed by atoms with E-state index in [0.29, 0.717) is 35.5 Å². The van der Waals surface area contributed by atoms with E-state index in [4.69, 9.17) is 9.47 Å². The Morgan fingerprint density at radius 3 is 2.39 bits per heavy atom. The van der Waals surface area contributed by atoms with E-state index >= 15 is 0 Å². The lowest BCUT2D eigenvalue weighted by molar-refractivity contribution is 0.202. The van der Waals surface area contributed by atoms with Crippen LogP contribution in [0.1, 0.15) is 5.56 Å². The molecule has 2 aromatic heterocycles. The van der Waals surface area contributed by atoms with Gasteiger partial charge in [-0.05, 0) is 36.2 Å². The van der Waals surface area contributed by atoms with Gasteiger partial charge in [0, 0.05) is 32.1 Å². The normalized spacial score (nSPS) is 11.5. The SMILES string of the molecule is COCCc1cc(Nc2nc3ccccc3nc2NS(=O)(=O)c2cn(C)cn2)cc(OC)c1. The van der Waals surface area contributed by atoms with Gasteiger partial charge in [0.15, 0.2) is 16.7 Å². The molecule has 0 spiro atoms. The zero-order valence-corrected chi connectivity index (χ0v) is 19.3. The van der Waals surface area contributed by atoms with E-state index in [-0.39, 0.29) is 16.7 Å². The molecule has 33 heavy (non-hydrogen) atoms. The Balaban J connectivity index is 1.75. The topological polar surface area (TPSA) is 120 Å². The third kappa shape index (κ3) is 5.21. The molecule has 0 unspecified atom stereocenters. The van der Waals surface area contributed by atoms with Gasteiger partial charge in [-0.2, -0.15) is 8.42 Å². The highest BCUT2D eigenvalue weighted by atomic mass is 32.2. The molecule has 4 aromatic rings. The molecule has 4 rings (SSSR count). The van der Waals surface area contributed by atoms with E-state index in [1.807, 2.05) is 24.3 Å². The quantitative estimate of drug-likeness (QED) is 0.384. The van der Waals surface area contributed by atoms with Crippen LogP contribution in [0, 0.1) is 0 Å². The standard InChI is InChI=1S/C22H24N6O4S/c1-28-13-20(23-14-28)33(29,30)27-22-21(25-18-6-4-5-7-19(18)26-22)24-16-10-15(8-9-31-2)11-17(12-16)32-3/h4-7,10-14H,8-9H2,1-3H3,(H,24,25)(H,26,27). The Hall–Kier alpha value is -3.70. The first-order valence-corrected chi connectivity index (χ1v) is 11.6. The summed E-state index contributed by atoms with van der Waals surface area (Å²) < 4.78 is 40.5. The van der Waals surface area contributed by atoms with Crippen molar-refractivity contribution in [1.29, 1.82) is 0 Å². The van der Waals surface area contributed by atoms with Crippen LogP contribution in [0.5, 0.6) is 5.75 Å². The molecule has 0 aliphatic heterocycles. The first-order valence-electron chi connectivity index (χ1n) is 10.1. The van der Waals surface area contributed by atoms with Gasteiger partial charge in [-0.15, -0.1) is 0 Å². The number of nitrogens with zero attached hydrogens (tertiary/aromatic N) is 4. The van der Waals surface area contributed by atoms with Crippen LogP contribution in [0.25, 0.3) is 11.0 Å². The number of benzene rings is 2. The molecular formula is C22H24N6O4S. The van der Waals surface area contributed by atoms with Crippen LogP contribution in [-0.2, 0) is 28.2 Å². The number of sulfonamides is 1. The van der Waals surface area contributed by atoms with Crippen molar-refractivity contribution in [2.45, 2.75) is 11.4 Å². The minimum absolute atomic E-state index is 0.0561. The van der Waals surface area contributed by atoms with Crippen molar-refractivity contribution in [3.8, 4) is 5.75 Å². The summed E-state index contributed by atoms with van der Waals surface area (Å²) in [7, 11) is 0.946. The van der Waals surface area contributed by atoms with Gasteiger partial charge in [-0.1, -0.05) is 12.1 Å². The third-order valence-electron chi connectivity index (χ3n) is 4.82. The van der Waals surface area contributed by atoms with Crippen LogP contribution >= 0.6 is 0 Å². The van der Waals surface area contributed by atoms with Crippen molar-refractivity contribution >= 4 is 38.4 Å². The highest BCUT2D eigenvalue weighted by Crippen LogP contribution is 2.29. The first-order chi connectivity index (χ1) is 15.9. The summed E-state index contributed by atoms with van der Waals surface area (Å²) in [6.07, 6.45) is 3.51. The maximum absolute atomic E-state index is 12.9. The van der Waals surface area contributed by atoms with Crippen LogP contribution in [-0.4, -0.2) is 48.8 Å². The second-order valence-corrected chi connectivity index (χ2v) is 8.96. The molecule has 0 fully saturated rings. The molecule has 172 valence electrons. The Morgan fingerprint density at radius 2 is 1.76 bits per heavy atom. The van der Waals surface area contributed by atoms with Crippen molar-refractivity contribution in [3.05, 3.63) is 60.6 Å². The number of nitrogens with one attached hydrogen (secondary N) is 2. The summed E-state index contributed by atoms with van der Waals surface area (Å²) in [4.78, 5) is 13.0. The van der Waals surface area contributed by atoms with Crippen molar-refractivity contribution in [2.24, 2.45) is 7.05 Å². The van der Waals surface area contributed by atoms with Crippen molar-refractivity contribution in [2.75, 3.05) is 30.9 Å². The van der Waals surface area contributed by atoms with Gasteiger partial charge in [-0.3, -0.25) is 4.72 Å². The lowest BCUT2D eigenvalue weighted by Gasteiger charge is -2.15. The monoisotopic (exact) mass is 468 g/mol. The summed E-state index contributed by atoms with van der Waals surface area (Å²) >= 11 is 0. The van der Waals surface area contributed by atoms with E-state index in [1.165, 1.54) is 12.5 Å². The highest BCUT2D eigenvalue weighted by molar-refractivity contribution is 7.92. The smallest absolute Gasteiger partial charge is 0.282 e. The molecule has 0 saturated heterocycles. The Bertz CT molecular complexity index is 1390. The Labute approximate surface area is 191 Å². The lowest BCUT2D eigenvalue weighted by atomic mass is 10.1. The summed E-state index contributed by atoms with van der Waals surface area (Å²) in [5, 5.41) is 3.07. The fraction of sp³-hybridized carbons (Fsp3) is 0.227. The van der Waals surface area contributed by atoms with Crippen LogP contribution < -0.4 is 14.8 Å². The van der Waals surface area contributed by atoms with Gasteiger partial charge < -0.3 is 19.4 Å². The maximum atomic E-state index is 12.9. The number of para-hydroxylation sites is 2. The zero-order valence-electron chi connectivity index (χ0n) is 18.4. The molecule has 11 heteroatoms. The van der Waals surface area contributed by atoms with Gasteiger partial charge in [0.2, 0.25) is 0 Å². The summed E-state index contributed by atoms with van der Waals surface area (Å²) in [5.41, 5.74) is 2.82. The number of hydrogen-bond acceptors (Lipinski definition) is 8. The number of hydrogen-bond donors (Lipinski definition) is 2. The second-order valence-electron chi connectivity index (χ2n) is 7.33. The molecule has 10 nitrogen and oxygen atoms in total. The first kappa shape index (κ1) is 22.5. The summed E-state index contributed by atoms with van der Waals surface area (Å²) in [5.74, 6) is 0.954. The molecule has 0 amide bonds. The number of fused-ring (bicyclic) bond motifs is 1. The fourth-order valence-corrected chi connectivity index (χ4v) is 4.21. The number of methoxy groups -OCH3 is 2. The molecule has 0 atom stereocenters. The molecule has 0 aliphatic rings. The molecule has 2 heterocycles. The average Bonchev–Trinajstić information content (AvgIpc) is 3.25. The number of ether oxygens (including phenoxy) is 2. The zero-order chi connectivity index (χ0) is 23.4. The van der Waals surface area contributed by atoms with Gasteiger partial charge in [0.25, 0.3) is 10.0 Å². The molecule has 0 saturated carbocycles. The number of rotatable bonds is 9. The molecule has 2 aromatic carbocycles. The third-order valence-corrected chi connectivity index (χ3v) is 6.04. The molecule has 0 aliphatic carbocycles. The highest BCUT2D eigenvalue weighted by Gasteiger charge is 2.21. The number of aryl methyl sites for hydroxylation is 1. The van der Waals surface area contributed by atoms with Gasteiger partial charge in [0.1, 0.15) is 5.75 Å². The molecule has 0 bridgehead atoms. The number of anilines is 3. The summed E-state index contributed by atoms with van der Waals surface area (Å²) in [6.45, 7) is 0.553.